The van der Waals surface area contributed by atoms with Gasteiger partial charge in [-0.05, 0) is 6.42 Å². The number of anilines is 1. The highest BCUT2D eigenvalue weighted by molar-refractivity contribution is 7.99. The standard InChI is InChI=1S/C30H55N5O9S/c1-2-3-4-5-6-7-8-9-10-11-12-13-14-15-25(39)31-22(20-45-19-21(38)17-36)29(43)32-24-16-35(34-33-24)30-28(42)27(41)26(40)23(18-37)44-30/h16,21-23,26-28,30,36-38,40-42H,2-15,17-20H2,1H3,(H,31,39)(H,32,43)/t21-,22-,23?,26?,27?,28?,30+/m1/s1. The van der Waals surface area contributed by atoms with Crippen LogP contribution in [-0.2, 0) is 14.3 Å². The minimum atomic E-state index is -1.61. The number of unbranched alkanes of at least 4 members (excludes halogenated alkanes) is 12. The number of ether oxygens (including phenoxy) is 1. The van der Waals surface area contributed by atoms with Crippen LogP contribution in [-0.4, -0.2) is 119 Å². The lowest BCUT2D eigenvalue weighted by atomic mass is 9.98. The number of carbonyl (C=O) groups excluding carboxylic acids is 2. The molecule has 4 unspecified atom stereocenters. The molecule has 1 aromatic rings. The van der Waals surface area contributed by atoms with Crippen molar-refractivity contribution in [3.63, 3.8) is 0 Å². The second kappa shape index (κ2) is 22.6. The van der Waals surface area contributed by atoms with Crippen LogP contribution in [0.15, 0.2) is 6.20 Å². The number of hydrogen-bond donors (Lipinski definition) is 8. The molecule has 15 heteroatoms. The van der Waals surface area contributed by atoms with E-state index in [-0.39, 0.29) is 29.7 Å². The topological polar surface area (TPSA) is 220 Å². The summed E-state index contributed by atoms with van der Waals surface area (Å²) in [6.45, 7) is 1.20. The van der Waals surface area contributed by atoms with Crippen molar-refractivity contribution in [3.05, 3.63) is 6.20 Å². The number of rotatable bonds is 24. The Bertz CT molecular complexity index is 957. The molecular weight excluding hydrogens is 606 g/mol. The number of thioether (sulfide) groups is 1. The highest BCUT2D eigenvalue weighted by Crippen LogP contribution is 2.28. The van der Waals surface area contributed by atoms with Crippen LogP contribution in [0, 0.1) is 0 Å². The Hall–Kier alpha value is -1.85. The maximum absolute atomic E-state index is 13.1. The van der Waals surface area contributed by atoms with Crippen molar-refractivity contribution in [2.45, 2.75) is 140 Å². The summed E-state index contributed by atoms with van der Waals surface area (Å²) in [5.74, 6) is -0.573. The molecule has 1 saturated heterocycles. The maximum atomic E-state index is 13.1. The lowest BCUT2D eigenvalue weighted by Crippen LogP contribution is -2.56. The zero-order valence-corrected chi connectivity index (χ0v) is 27.3. The van der Waals surface area contributed by atoms with Crippen LogP contribution in [0.3, 0.4) is 0 Å². The van der Waals surface area contributed by atoms with Gasteiger partial charge in [-0.25, -0.2) is 4.68 Å². The summed E-state index contributed by atoms with van der Waals surface area (Å²) in [5.41, 5.74) is 0. The molecule has 260 valence electrons. The SMILES string of the molecule is CCCCCCCCCCCCCCCC(=O)N[C@H](CSC[C@H](O)CO)C(=O)Nc1cn([C@H]2OC(CO)C(O)C(O)C2O)nn1. The predicted octanol–water partition coefficient (Wildman–Crippen LogP) is 1.24. The summed E-state index contributed by atoms with van der Waals surface area (Å²) < 4.78 is 6.50. The van der Waals surface area contributed by atoms with E-state index in [9.17, 15) is 35.1 Å². The van der Waals surface area contributed by atoms with Gasteiger partial charge in [-0.1, -0.05) is 89.2 Å². The summed E-state index contributed by atoms with van der Waals surface area (Å²) in [4.78, 5) is 25.8. The van der Waals surface area contributed by atoms with Crippen molar-refractivity contribution in [2.24, 2.45) is 0 Å². The van der Waals surface area contributed by atoms with Gasteiger partial charge in [-0.15, -0.1) is 5.10 Å². The molecule has 0 spiro atoms. The summed E-state index contributed by atoms with van der Waals surface area (Å²) in [6.07, 6.45) is 8.96. The Balaban J connectivity index is 1.79. The van der Waals surface area contributed by atoms with Gasteiger partial charge < -0.3 is 46.0 Å². The van der Waals surface area contributed by atoms with Crippen molar-refractivity contribution in [3.8, 4) is 0 Å². The van der Waals surface area contributed by atoms with E-state index in [1.807, 2.05) is 0 Å². The molecule has 7 atom stereocenters. The van der Waals surface area contributed by atoms with Crippen molar-refractivity contribution in [2.75, 3.05) is 30.0 Å². The third-order valence-corrected chi connectivity index (χ3v) is 9.04. The van der Waals surface area contributed by atoms with Crippen LogP contribution in [0.4, 0.5) is 5.82 Å². The van der Waals surface area contributed by atoms with Gasteiger partial charge >= 0.3 is 0 Å². The lowest BCUT2D eigenvalue weighted by Gasteiger charge is -2.39. The molecule has 14 nitrogen and oxygen atoms in total. The van der Waals surface area contributed by atoms with E-state index in [4.69, 9.17) is 9.84 Å². The van der Waals surface area contributed by atoms with E-state index in [0.29, 0.717) is 6.42 Å². The highest BCUT2D eigenvalue weighted by atomic mass is 32.2. The van der Waals surface area contributed by atoms with Gasteiger partial charge in [0.1, 0.15) is 30.5 Å². The first-order valence-corrected chi connectivity index (χ1v) is 17.6. The molecule has 0 saturated carbocycles. The summed E-state index contributed by atoms with van der Waals surface area (Å²) in [6, 6.07) is -0.965. The highest BCUT2D eigenvalue weighted by Gasteiger charge is 2.44. The summed E-state index contributed by atoms with van der Waals surface area (Å²) in [5, 5.41) is 71.5. The third-order valence-electron chi connectivity index (χ3n) is 7.85. The molecule has 2 heterocycles. The first-order valence-electron chi connectivity index (χ1n) is 16.4. The van der Waals surface area contributed by atoms with Crippen molar-refractivity contribution in [1.29, 1.82) is 0 Å². The first-order chi connectivity index (χ1) is 21.7. The van der Waals surface area contributed by atoms with Gasteiger partial charge in [0.05, 0.1) is 25.5 Å². The van der Waals surface area contributed by atoms with Crippen LogP contribution in [0.25, 0.3) is 0 Å². The van der Waals surface area contributed by atoms with E-state index in [0.717, 1.165) is 23.9 Å². The first kappa shape index (κ1) is 39.3. The van der Waals surface area contributed by atoms with Crippen molar-refractivity contribution < 1.29 is 45.0 Å². The molecule has 1 aromatic heterocycles. The number of aliphatic hydroxyl groups excluding tert-OH is 6. The maximum Gasteiger partial charge on any atom is 0.249 e. The van der Waals surface area contributed by atoms with Crippen LogP contribution in [0.2, 0.25) is 0 Å². The normalized spacial score (nSPS) is 23.0. The molecule has 1 fully saturated rings. The van der Waals surface area contributed by atoms with Crippen LogP contribution in [0.1, 0.15) is 103 Å². The van der Waals surface area contributed by atoms with Crippen LogP contribution in [0.5, 0.6) is 0 Å². The average Bonchev–Trinajstić information content (AvgIpc) is 3.49. The molecule has 0 aliphatic carbocycles. The number of nitrogens with one attached hydrogen (secondary N) is 2. The molecule has 0 aromatic carbocycles. The smallest absolute Gasteiger partial charge is 0.249 e. The fraction of sp³-hybridized carbons (Fsp3) is 0.867. The quantitative estimate of drug-likeness (QED) is 0.0734. The van der Waals surface area contributed by atoms with Crippen molar-refractivity contribution >= 4 is 29.4 Å². The molecule has 1 aliphatic heterocycles. The van der Waals surface area contributed by atoms with Gasteiger partial charge in [0, 0.05) is 17.9 Å². The molecule has 1 aliphatic rings. The number of aromatic nitrogens is 3. The molecule has 0 radical (unpaired) electrons. The zero-order chi connectivity index (χ0) is 33.0. The number of amides is 2. The van der Waals surface area contributed by atoms with Gasteiger partial charge in [0.25, 0.3) is 0 Å². The fourth-order valence-electron chi connectivity index (χ4n) is 5.10. The summed E-state index contributed by atoms with van der Waals surface area (Å²) >= 11 is 1.20. The minimum absolute atomic E-state index is 0.0203. The van der Waals surface area contributed by atoms with Crippen LogP contribution >= 0.6 is 11.8 Å². The predicted molar refractivity (Wildman–Crippen MR) is 170 cm³/mol. The fourth-order valence-corrected chi connectivity index (χ4v) is 6.08. The van der Waals surface area contributed by atoms with Gasteiger partial charge in [0.15, 0.2) is 12.0 Å². The molecule has 8 N–H and O–H groups in total. The average molecular weight is 662 g/mol. The monoisotopic (exact) mass is 661 g/mol. The molecular formula is C30H55N5O9S. The molecule has 0 bridgehead atoms. The number of carbonyl (C=O) groups is 2. The van der Waals surface area contributed by atoms with Crippen LogP contribution < -0.4 is 10.6 Å². The van der Waals surface area contributed by atoms with Gasteiger partial charge in [-0.3, -0.25) is 9.59 Å². The van der Waals surface area contributed by atoms with E-state index < -0.39 is 61.9 Å². The second-order valence-corrected chi connectivity index (χ2v) is 12.9. The minimum Gasteiger partial charge on any atom is -0.394 e. The second-order valence-electron chi connectivity index (χ2n) is 11.8. The Morgan fingerprint density at radius 1 is 0.911 bits per heavy atom. The Kier molecular flexibility index (Phi) is 19.8. The lowest BCUT2D eigenvalue weighted by molar-refractivity contribution is -0.254. The molecule has 45 heavy (non-hydrogen) atoms. The zero-order valence-electron chi connectivity index (χ0n) is 26.5. The number of hydrogen-bond acceptors (Lipinski definition) is 12. The van der Waals surface area contributed by atoms with Gasteiger partial charge in [0.2, 0.25) is 11.8 Å². The van der Waals surface area contributed by atoms with Gasteiger partial charge in [-0.2, -0.15) is 11.8 Å². The Morgan fingerprint density at radius 2 is 1.51 bits per heavy atom. The van der Waals surface area contributed by atoms with Crippen molar-refractivity contribution in [1.82, 2.24) is 20.3 Å². The van der Waals surface area contributed by atoms with E-state index >= 15 is 0 Å². The van der Waals surface area contributed by atoms with E-state index in [1.54, 1.807) is 0 Å². The number of nitrogens with zero attached hydrogens (tertiary/aromatic N) is 3. The van der Waals surface area contributed by atoms with E-state index in [1.165, 1.54) is 75.7 Å². The summed E-state index contributed by atoms with van der Waals surface area (Å²) in [7, 11) is 0. The van der Waals surface area contributed by atoms with E-state index in [2.05, 4.69) is 27.9 Å². The third kappa shape index (κ3) is 14.6. The largest absolute Gasteiger partial charge is 0.394 e. The molecule has 2 rings (SSSR count). The number of aliphatic hydroxyl groups is 6. The Morgan fingerprint density at radius 3 is 2.09 bits per heavy atom. The molecule has 2 amide bonds. The Labute approximate surface area is 270 Å².